The van der Waals surface area contributed by atoms with Gasteiger partial charge in [-0.3, -0.25) is 14.7 Å². The van der Waals surface area contributed by atoms with Gasteiger partial charge < -0.3 is 0 Å². The van der Waals surface area contributed by atoms with Crippen LogP contribution in [0.4, 0.5) is 0 Å². The molecule has 0 bridgehead atoms. The van der Waals surface area contributed by atoms with Gasteiger partial charge in [-0.2, -0.15) is 5.26 Å². The smallest absolute Gasteiger partial charge is 0.270 e. The van der Waals surface area contributed by atoms with E-state index >= 15 is 0 Å². The molecule has 0 amide bonds. The van der Waals surface area contributed by atoms with Crippen molar-refractivity contribution in [1.82, 2.24) is 9.88 Å². The van der Waals surface area contributed by atoms with Gasteiger partial charge in [-0.25, -0.2) is 0 Å². The Labute approximate surface area is 182 Å². The third-order valence-corrected chi connectivity index (χ3v) is 5.72. The fraction of sp³-hybridized carbons (Fsp3) is 0.185. The number of hydrogen-bond donors (Lipinski definition) is 1. The summed E-state index contributed by atoms with van der Waals surface area (Å²) in [5.41, 5.74) is 3.65. The molecule has 1 atom stereocenters. The van der Waals surface area contributed by atoms with Crippen molar-refractivity contribution in [2.75, 3.05) is 7.05 Å². The lowest BCUT2D eigenvalue weighted by Gasteiger charge is -2.23. The first-order valence-electron chi connectivity index (χ1n) is 10.6. The van der Waals surface area contributed by atoms with E-state index in [9.17, 15) is 10.1 Å². The Hall–Kier alpha value is -3.68. The fourth-order valence-electron chi connectivity index (χ4n) is 4.23. The van der Waals surface area contributed by atoms with Crippen molar-refractivity contribution < 1.29 is 0 Å². The van der Waals surface area contributed by atoms with E-state index in [0.717, 1.165) is 35.7 Å². The number of rotatable bonds is 7. The zero-order chi connectivity index (χ0) is 21.6. The molecule has 0 aliphatic heterocycles. The van der Waals surface area contributed by atoms with Crippen molar-refractivity contribution in [3.63, 3.8) is 0 Å². The minimum Gasteiger partial charge on any atom is -0.300 e. The van der Waals surface area contributed by atoms with Crippen molar-refractivity contribution in [3.8, 4) is 17.2 Å². The van der Waals surface area contributed by atoms with Gasteiger partial charge in [0.1, 0.15) is 11.6 Å². The summed E-state index contributed by atoms with van der Waals surface area (Å²) in [6.07, 6.45) is 2.46. The van der Waals surface area contributed by atoms with E-state index < -0.39 is 0 Å². The maximum atomic E-state index is 13.5. The molecular weight excluding hydrogens is 382 g/mol. The van der Waals surface area contributed by atoms with E-state index in [4.69, 9.17) is 0 Å². The van der Waals surface area contributed by atoms with E-state index in [0.29, 0.717) is 5.56 Å². The Morgan fingerprint density at radius 2 is 1.58 bits per heavy atom. The molecule has 4 heteroatoms. The van der Waals surface area contributed by atoms with Crippen LogP contribution in [0.3, 0.4) is 0 Å². The van der Waals surface area contributed by atoms with Crippen LogP contribution in [-0.2, 0) is 6.42 Å². The molecule has 1 unspecified atom stereocenters. The highest BCUT2D eigenvalue weighted by Crippen LogP contribution is 2.31. The highest BCUT2D eigenvalue weighted by atomic mass is 16.1. The van der Waals surface area contributed by atoms with Crippen molar-refractivity contribution in [3.05, 3.63) is 106 Å². The van der Waals surface area contributed by atoms with Crippen LogP contribution >= 0.6 is 0 Å². The average Bonchev–Trinajstić information content (AvgIpc) is 2.83. The van der Waals surface area contributed by atoms with Gasteiger partial charge in [-0.15, -0.1) is 0 Å². The molecule has 0 saturated carbocycles. The number of nitrogens with zero attached hydrogens (tertiary/aromatic N) is 2. The van der Waals surface area contributed by atoms with Gasteiger partial charge in [0.25, 0.3) is 5.56 Å². The maximum Gasteiger partial charge on any atom is 0.270 e. The molecule has 0 fully saturated rings. The minimum absolute atomic E-state index is 0.188. The summed E-state index contributed by atoms with van der Waals surface area (Å²) in [5, 5.41) is 14.2. The Bertz CT molecular complexity index is 1270. The number of para-hydroxylation sites is 1. The molecule has 154 valence electrons. The topological polar surface area (TPSA) is 57.8 Å². The standard InChI is InChI=1S/C27H25N3O/c1-29-25(18-10-13-20-11-4-2-5-12-20)30-24-17-9-8-16-22(24)26(23(19-28)27(30)31)21-14-6-3-7-15-21/h2-9,11-12,14-17,25,29H,10,13,18H2,1H3. The predicted octanol–water partition coefficient (Wildman–Crippen LogP) is 5.28. The average molecular weight is 408 g/mol. The quantitative estimate of drug-likeness (QED) is 0.453. The zero-order valence-electron chi connectivity index (χ0n) is 17.6. The summed E-state index contributed by atoms with van der Waals surface area (Å²) in [4.78, 5) is 13.5. The van der Waals surface area contributed by atoms with Crippen LogP contribution in [0.25, 0.3) is 22.0 Å². The van der Waals surface area contributed by atoms with Crippen LogP contribution < -0.4 is 10.9 Å². The monoisotopic (exact) mass is 407 g/mol. The number of nitrogens with one attached hydrogen (secondary N) is 1. The maximum absolute atomic E-state index is 13.5. The van der Waals surface area contributed by atoms with Crippen molar-refractivity contribution in [2.45, 2.75) is 25.4 Å². The molecule has 3 aromatic carbocycles. The second-order valence-corrected chi connectivity index (χ2v) is 7.60. The van der Waals surface area contributed by atoms with E-state index in [-0.39, 0.29) is 17.3 Å². The first-order valence-corrected chi connectivity index (χ1v) is 10.6. The number of hydrogen-bond acceptors (Lipinski definition) is 3. The first-order chi connectivity index (χ1) is 15.2. The van der Waals surface area contributed by atoms with Crippen LogP contribution in [0.1, 0.15) is 30.1 Å². The van der Waals surface area contributed by atoms with Gasteiger partial charge in [-0.1, -0.05) is 78.9 Å². The molecule has 1 aromatic heterocycles. The molecule has 1 heterocycles. The Kier molecular flexibility index (Phi) is 6.26. The lowest BCUT2D eigenvalue weighted by Crippen LogP contribution is -2.34. The zero-order valence-corrected chi connectivity index (χ0v) is 17.6. The molecule has 1 N–H and O–H groups in total. The third kappa shape index (κ3) is 4.14. The van der Waals surface area contributed by atoms with Gasteiger partial charge in [0.2, 0.25) is 0 Å². The van der Waals surface area contributed by atoms with Crippen LogP contribution in [0.5, 0.6) is 0 Å². The Morgan fingerprint density at radius 1 is 0.935 bits per heavy atom. The Morgan fingerprint density at radius 3 is 2.26 bits per heavy atom. The number of benzene rings is 3. The Balaban J connectivity index is 1.80. The second kappa shape index (κ2) is 9.42. The highest BCUT2D eigenvalue weighted by Gasteiger charge is 2.21. The molecule has 0 spiro atoms. The molecule has 31 heavy (non-hydrogen) atoms. The molecule has 0 radical (unpaired) electrons. The molecular formula is C27H25N3O. The summed E-state index contributed by atoms with van der Waals surface area (Å²) in [6, 6.07) is 30.1. The van der Waals surface area contributed by atoms with E-state index in [2.05, 4.69) is 23.5 Å². The lowest BCUT2D eigenvalue weighted by atomic mass is 9.96. The SMILES string of the molecule is CNC(CCCc1ccccc1)n1c(=O)c(C#N)c(-c2ccccc2)c2ccccc21. The van der Waals surface area contributed by atoms with Crippen LogP contribution in [0, 0.1) is 11.3 Å². The van der Waals surface area contributed by atoms with Crippen LogP contribution in [-0.4, -0.2) is 11.6 Å². The summed E-state index contributed by atoms with van der Waals surface area (Å²) in [6.45, 7) is 0. The summed E-state index contributed by atoms with van der Waals surface area (Å²) in [5.74, 6) is 0. The van der Waals surface area contributed by atoms with Crippen molar-refractivity contribution in [2.24, 2.45) is 0 Å². The van der Waals surface area contributed by atoms with Crippen molar-refractivity contribution >= 4 is 10.9 Å². The summed E-state index contributed by atoms with van der Waals surface area (Å²) >= 11 is 0. The number of nitriles is 1. The van der Waals surface area contributed by atoms with Gasteiger partial charge in [0, 0.05) is 10.9 Å². The van der Waals surface area contributed by atoms with Crippen LogP contribution in [0.15, 0.2) is 89.7 Å². The molecule has 4 aromatic rings. The van der Waals surface area contributed by atoms with Gasteiger partial charge in [0.05, 0.1) is 11.7 Å². The largest absolute Gasteiger partial charge is 0.300 e. The lowest BCUT2D eigenvalue weighted by molar-refractivity contribution is 0.398. The fourth-order valence-corrected chi connectivity index (χ4v) is 4.23. The predicted molar refractivity (Wildman–Crippen MR) is 126 cm³/mol. The van der Waals surface area contributed by atoms with Gasteiger partial charge in [0.15, 0.2) is 0 Å². The van der Waals surface area contributed by atoms with Gasteiger partial charge in [-0.05, 0) is 43.5 Å². The number of aryl methyl sites for hydroxylation is 1. The molecule has 4 nitrogen and oxygen atoms in total. The number of aromatic nitrogens is 1. The van der Waals surface area contributed by atoms with Crippen molar-refractivity contribution in [1.29, 1.82) is 5.26 Å². The second-order valence-electron chi connectivity index (χ2n) is 7.60. The molecule has 0 saturated heterocycles. The third-order valence-electron chi connectivity index (χ3n) is 5.72. The molecule has 0 aliphatic carbocycles. The number of pyridine rings is 1. The van der Waals surface area contributed by atoms with E-state index in [1.807, 2.05) is 79.8 Å². The summed E-state index contributed by atoms with van der Waals surface area (Å²) in [7, 11) is 1.87. The first kappa shape index (κ1) is 20.6. The highest BCUT2D eigenvalue weighted by molar-refractivity contribution is 5.97. The normalized spacial score (nSPS) is 11.9. The van der Waals surface area contributed by atoms with E-state index in [1.54, 1.807) is 4.57 Å². The van der Waals surface area contributed by atoms with Gasteiger partial charge >= 0.3 is 0 Å². The molecule has 4 rings (SSSR count). The molecule has 0 aliphatic rings. The van der Waals surface area contributed by atoms with E-state index in [1.165, 1.54) is 5.56 Å². The summed E-state index contributed by atoms with van der Waals surface area (Å²) < 4.78 is 1.76. The minimum atomic E-state index is -0.251. The number of fused-ring (bicyclic) bond motifs is 1. The van der Waals surface area contributed by atoms with Crippen LogP contribution in [0.2, 0.25) is 0 Å².